The van der Waals surface area contributed by atoms with Gasteiger partial charge in [-0.2, -0.15) is 0 Å². The minimum atomic E-state index is 0.0650. The van der Waals surface area contributed by atoms with Gasteiger partial charge in [0.2, 0.25) is 0 Å². The van der Waals surface area contributed by atoms with Crippen molar-refractivity contribution in [3.63, 3.8) is 0 Å². The Morgan fingerprint density at radius 1 is 1.41 bits per heavy atom. The molecular weight excluding hydrogens is 214 g/mol. The van der Waals surface area contributed by atoms with E-state index in [0.29, 0.717) is 6.61 Å². The molecule has 1 aliphatic rings. The van der Waals surface area contributed by atoms with Gasteiger partial charge in [-0.15, -0.1) is 0 Å². The molecule has 3 heteroatoms. The number of fused-ring (bicyclic) bond motifs is 1. The third kappa shape index (κ3) is 3.01. The number of para-hydroxylation sites is 2. The van der Waals surface area contributed by atoms with Gasteiger partial charge in [0.15, 0.2) is 11.5 Å². The van der Waals surface area contributed by atoms with Gasteiger partial charge < -0.3 is 14.8 Å². The molecule has 0 saturated carbocycles. The van der Waals surface area contributed by atoms with E-state index in [2.05, 4.69) is 18.3 Å². The van der Waals surface area contributed by atoms with E-state index in [-0.39, 0.29) is 12.1 Å². The topological polar surface area (TPSA) is 30.5 Å². The Bertz CT molecular complexity index is 390. The molecule has 0 fully saturated rings. The Labute approximate surface area is 102 Å². The van der Waals surface area contributed by atoms with Gasteiger partial charge in [-0.1, -0.05) is 24.3 Å². The van der Waals surface area contributed by atoms with Crippen molar-refractivity contribution in [1.29, 1.82) is 0 Å². The molecule has 0 spiro atoms. The third-order valence-corrected chi connectivity index (χ3v) is 2.88. The van der Waals surface area contributed by atoms with Crippen LogP contribution in [0.3, 0.4) is 0 Å². The first kappa shape index (κ1) is 12.0. The lowest BCUT2D eigenvalue weighted by Gasteiger charge is -2.30. The summed E-state index contributed by atoms with van der Waals surface area (Å²) < 4.78 is 11.6. The highest BCUT2D eigenvalue weighted by Crippen LogP contribution is 2.31. The van der Waals surface area contributed by atoms with Crippen LogP contribution in [0.25, 0.3) is 0 Å². The van der Waals surface area contributed by atoms with Gasteiger partial charge in [0.05, 0.1) is 0 Å². The van der Waals surface area contributed by atoms with Crippen LogP contribution in [0.15, 0.2) is 36.4 Å². The molecule has 0 unspecified atom stereocenters. The molecule has 1 aliphatic heterocycles. The number of hydrogen-bond donors (Lipinski definition) is 1. The molecular formula is C14H19NO2. The average molecular weight is 233 g/mol. The van der Waals surface area contributed by atoms with Gasteiger partial charge >= 0.3 is 0 Å². The Morgan fingerprint density at radius 3 is 2.94 bits per heavy atom. The smallest absolute Gasteiger partial charge is 0.161 e. The number of ether oxygens (including phenoxy) is 2. The first-order valence-corrected chi connectivity index (χ1v) is 6.04. The van der Waals surface area contributed by atoms with Crippen molar-refractivity contribution in [1.82, 2.24) is 5.32 Å². The number of nitrogens with one attached hydrogen (secondary N) is 1. The summed E-state index contributed by atoms with van der Waals surface area (Å²) in [6.45, 7) is 5.59. The summed E-state index contributed by atoms with van der Waals surface area (Å²) in [6, 6.07) is 8.06. The van der Waals surface area contributed by atoms with Gasteiger partial charge in [-0.25, -0.2) is 0 Å². The molecule has 1 N–H and O–H groups in total. The first-order valence-electron chi connectivity index (χ1n) is 6.04. The standard InChI is InChI=1S/C14H19NO2/c1-3-4-9-15-11(2)14-10-16-12-7-5-6-8-13(12)17-14/h3-8,11,14-15H,9-10H2,1-2H3/b4-3+/t11-,14+/m1/s1. The van der Waals surface area contributed by atoms with E-state index < -0.39 is 0 Å². The maximum Gasteiger partial charge on any atom is 0.161 e. The summed E-state index contributed by atoms with van der Waals surface area (Å²) in [7, 11) is 0. The van der Waals surface area contributed by atoms with Gasteiger partial charge in [0.25, 0.3) is 0 Å². The zero-order chi connectivity index (χ0) is 12.1. The third-order valence-electron chi connectivity index (χ3n) is 2.88. The average Bonchev–Trinajstić information content (AvgIpc) is 2.38. The van der Waals surface area contributed by atoms with Crippen LogP contribution in [0.4, 0.5) is 0 Å². The lowest BCUT2D eigenvalue weighted by Crippen LogP contribution is -2.46. The molecule has 3 nitrogen and oxygen atoms in total. The fourth-order valence-corrected chi connectivity index (χ4v) is 1.79. The SMILES string of the molecule is C/C=C/CN[C@H](C)[C@@H]1COc2ccccc2O1. The van der Waals surface area contributed by atoms with E-state index in [1.54, 1.807) is 0 Å². The molecule has 92 valence electrons. The molecule has 1 aromatic carbocycles. The quantitative estimate of drug-likeness (QED) is 0.810. The molecule has 0 aliphatic carbocycles. The fourth-order valence-electron chi connectivity index (χ4n) is 1.79. The highest BCUT2D eigenvalue weighted by molar-refractivity contribution is 5.40. The van der Waals surface area contributed by atoms with Crippen molar-refractivity contribution < 1.29 is 9.47 Å². The zero-order valence-corrected chi connectivity index (χ0v) is 10.3. The summed E-state index contributed by atoms with van der Waals surface area (Å²) in [5, 5.41) is 3.39. The molecule has 0 bridgehead atoms. The normalized spacial score (nSPS) is 20.5. The van der Waals surface area contributed by atoms with E-state index in [4.69, 9.17) is 9.47 Å². The van der Waals surface area contributed by atoms with Crippen molar-refractivity contribution in [2.45, 2.75) is 26.0 Å². The second kappa shape index (κ2) is 5.73. The van der Waals surface area contributed by atoms with Gasteiger partial charge in [-0.05, 0) is 26.0 Å². The molecule has 1 heterocycles. The Hall–Kier alpha value is -1.48. The molecule has 0 amide bonds. The predicted molar refractivity (Wildman–Crippen MR) is 68.6 cm³/mol. The van der Waals surface area contributed by atoms with E-state index in [0.717, 1.165) is 18.0 Å². The summed E-state index contributed by atoms with van der Waals surface area (Å²) in [5.74, 6) is 1.67. The molecule has 1 aromatic rings. The first-order chi connectivity index (χ1) is 8.31. The Balaban J connectivity index is 1.93. The number of allylic oxidation sites excluding steroid dienone is 1. The largest absolute Gasteiger partial charge is 0.486 e. The molecule has 2 rings (SSSR count). The zero-order valence-electron chi connectivity index (χ0n) is 10.3. The van der Waals surface area contributed by atoms with E-state index in [9.17, 15) is 0 Å². The van der Waals surface area contributed by atoms with Crippen LogP contribution in [0.1, 0.15) is 13.8 Å². The number of rotatable bonds is 4. The van der Waals surface area contributed by atoms with Crippen molar-refractivity contribution in [3.05, 3.63) is 36.4 Å². The van der Waals surface area contributed by atoms with Gasteiger partial charge in [0, 0.05) is 12.6 Å². The van der Waals surface area contributed by atoms with Crippen LogP contribution in [0.5, 0.6) is 11.5 Å². The van der Waals surface area contributed by atoms with E-state index >= 15 is 0 Å². The van der Waals surface area contributed by atoms with Crippen molar-refractivity contribution >= 4 is 0 Å². The summed E-state index contributed by atoms with van der Waals surface area (Å²) in [4.78, 5) is 0. The van der Waals surface area contributed by atoms with Crippen LogP contribution < -0.4 is 14.8 Å². The molecule has 0 radical (unpaired) electrons. The van der Waals surface area contributed by atoms with Crippen LogP contribution >= 0.6 is 0 Å². The maximum atomic E-state index is 5.91. The predicted octanol–water partition coefficient (Wildman–Crippen LogP) is 2.38. The van der Waals surface area contributed by atoms with Crippen LogP contribution in [-0.2, 0) is 0 Å². The molecule has 0 aromatic heterocycles. The summed E-state index contributed by atoms with van der Waals surface area (Å²) in [5.41, 5.74) is 0. The minimum absolute atomic E-state index is 0.0650. The Morgan fingerprint density at radius 2 is 2.18 bits per heavy atom. The van der Waals surface area contributed by atoms with Gasteiger partial charge in [0.1, 0.15) is 12.7 Å². The number of benzene rings is 1. The van der Waals surface area contributed by atoms with E-state index in [1.165, 1.54) is 0 Å². The van der Waals surface area contributed by atoms with Crippen LogP contribution in [0.2, 0.25) is 0 Å². The summed E-state index contributed by atoms with van der Waals surface area (Å²) in [6.07, 6.45) is 4.19. The van der Waals surface area contributed by atoms with Crippen LogP contribution in [-0.4, -0.2) is 25.3 Å². The second-order valence-electron chi connectivity index (χ2n) is 4.18. The number of hydrogen-bond acceptors (Lipinski definition) is 3. The summed E-state index contributed by atoms with van der Waals surface area (Å²) >= 11 is 0. The van der Waals surface area contributed by atoms with Crippen molar-refractivity contribution in [3.8, 4) is 11.5 Å². The molecule has 2 atom stereocenters. The Kier molecular flexibility index (Phi) is 4.04. The minimum Gasteiger partial charge on any atom is -0.486 e. The molecule has 17 heavy (non-hydrogen) atoms. The lowest BCUT2D eigenvalue weighted by atomic mass is 10.1. The van der Waals surface area contributed by atoms with Crippen LogP contribution in [0, 0.1) is 0 Å². The highest BCUT2D eigenvalue weighted by atomic mass is 16.6. The fraction of sp³-hybridized carbons (Fsp3) is 0.429. The monoisotopic (exact) mass is 233 g/mol. The van der Waals surface area contributed by atoms with E-state index in [1.807, 2.05) is 37.3 Å². The molecule has 0 saturated heterocycles. The van der Waals surface area contributed by atoms with Gasteiger partial charge in [-0.3, -0.25) is 0 Å². The maximum absolute atomic E-state index is 5.91. The van der Waals surface area contributed by atoms with Crippen molar-refractivity contribution in [2.24, 2.45) is 0 Å². The lowest BCUT2D eigenvalue weighted by molar-refractivity contribution is 0.0677. The second-order valence-corrected chi connectivity index (χ2v) is 4.18. The highest BCUT2D eigenvalue weighted by Gasteiger charge is 2.25. The van der Waals surface area contributed by atoms with Crippen molar-refractivity contribution in [2.75, 3.05) is 13.2 Å².